The highest BCUT2D eigenvalue weighted by molar-refractivity contribution is 7.15. The number of hydrogen-bond donors (Lipinski definition) is 0. The van der Waals surface area contributed by atoms with Gasteiger partial charge in [0.05, 0.1) is 15.6 Å². The van der Waals surface area contributed by atoms with E-state index in [4.69, 9.17) is 9.72 Å². The molecule has 6 aromatic rings. The Morgan fingerprint density at radius 3 is 2.38 bits per heavy atom. The first-order chi connectivity index (χ1) is 18.2. The predicted molar refractivity (Wildman–Crippen MR) is 150 cm³/mol. The summed E-state index contributed by atoms with van der Waals surface area (Å²) in [6, 6.07) is 34.5. The molecule has 0 amide bonds. The molecule has 3 heterocycles. The van der Waals surface area contributed by atoms with Crippen molar-refractivity contribution in [2.45, 2.75) is 12.8 Å². The normalized spacial score (nSPS) is 15.8. The number of rotatable bonds is 3. The van der Waals surface area contributed by atoms with E-state index >= 15 is 0 Å². The van der Waals surface area contributed by atoms with Crippen LogP contribution in [0.1, 0.15) is 28.2 Å². The number of para-hydroxylation sites is 3. The Morgan fingerprint density at radius 2 is 1.54 bits per heavy atom. The summed E-state index contributed by atoms with van der Waals surface area (Å²) < 4.78 is 8.94. The van der Waals surface area contributed by atoms with Crippen LogP contribution in [0.5, 0.6) is 5.75 Å². The molecule has 4 nitrogen and oxygen atoms in total. The van der Waals surface area contributed by atoms with Gasteiger partial charge in [-0.3, -0.25) is 4.79 Å². The van der Waals surface area contributed by atoms with Crippen LogP contribution >= 0.6 is 11.3 Å². The second kappa shape index (κ2) is 8.57. The van der Waals surface area contributed by atoms with Gasteiger partial charge in [-0.25, -0.2) is 9.38 Å². The molecule has 1 atom stereocenters. The molecule has 0 saturated carbocycles. The second-order valence-electron chi connectivity index (χ2n) is 9.21. The fraction of sp³-hybridized carbons (Fsp3) is 0.0625. The highest BCUT2D eigenvalue weighted by Crippen LogP contribution is 2.47. The van der Waals surface area contributed by atoms with Crippen LogP contribution in [-0.2, 0) is 0 Å². The van der Waals surface area contributed by atoms with Crippen LogP contribution in [0.15, 0.2) is 113 Å². The number of ether oxygens (including phenoxy) is 1. The average molecular weight is 499 g/mol. The number of nitrogens with zero attached hydrogens (tertiary/aromatic N) is 2. The highest BCUT2D eigenvalue weighted by Gasteiger charge is 2.31. The van der Waals surface area contributed by atoms with Crippen molar-refractivity contribution < 1.29 is 4.74 Å². The van der Waals surface area contributed by atoms with Gasteiger partial charge in [-0.15, -0.1) is 0 Å². The Hall–Kier alpha value is -4.48. The molecule has 0 saturated heterocycles. The topological polar surface area (TPSA) is 43.6 Å². The fourth-order valence-corrected chi connectivity index (χ4v) is 6.22. The van der Waals surface area contributed by atoms with E-state index in [0.29, 0.717) is 9.49 Å². The Bertz CT molecular complexity index is 1950. The molecule has 1 unspecified atom stereocenters. The van der Waals surface area contributed by atoms with Gasteiger partial charge >= 0.3 is 0 Å². The summed E-state index contributed by atoms with van der Waals surface area (Å²) in [4.78, 5) is 19.1. The van der Waals surface area contributed by atoms with Gasteiger partial charge in [0, 0.05) is 22.6 Å². The van der Waals surface area contributed by atoms with Crippen LogP contribution in [0.3, 0.4) is 0 Å². The molecule has 2 aromatic heterocycles. The minimum Gasteiger partial charge on any atom is -0.456 e. The smallest absolute Gasteiger partial charge is 0.274 e. The fourth-order valence-electron chi connectivity index (χ4n) is 5.24. The maximum Gasteiger partial charge on any atom is 0.274 e. The van der Waals surface area contributed by atoms with E-state index in [1.807, 2.05) is 66.7 Å². The minimum absolute atomic E-state index is 0.0593. The summed E-state index contributed by atoms with van der Waals surface area (Å²) in [5.74, 6) is 1.51. The van der Waals surface area contributed by atoms with Gasteiger partial charge in [0.25, 0.3) is 5.56 Å². The van der Waals surface area contributed by atoms with Crippen LogP contribution in [0.25, 0.3) is 27.8 Å². The monoisotopic (exact) mass is 498 g/mol. The summed E-state index contributed by atoms with van der Waals surface area (Å²) in [5, 5.41) is 0. The molecule has 1 aliphatic heterocycles. The molecule has 0 fully saturated rings. The lowest BCUT2D eigenvalue weighted by molar-refractivity contribution is 0.488. The summed E-state index contributed by atoms with van der Waals surface area (Å²) in [5.41, 5.74) is 7.00. The molecule has 0 bridgehead atoms. The number of aryl methyl sites for hydroxylation is 1. The first kappa shape index (κ1) is 21.8. The van der Waals surface area contributed by atoms with Crippen LogP contribution in [0.2, 0.25) is 0 Å². The van der Waals surface area contributed by atoms with E-state index < -0.39 is 0 Å². The number of allylic oxidation sites excluding steroid dienone is 1. The van der Waals surface area contributed by atoms with E-state index in [2.05, 4.69) is 49.4 Å². The molecule has 0 spiro atoms. The molecular weight excluding hydrogens is 476 g/mol. The van der Waals surface area contributed by atoms with Gasteiger partial charge in [-0.1, -0.05) is 96.3 Å². The standard InChI is InChI=1S/C32H22N2O2S/c1-20-11-5-6-14-22(20)29-23-15-7-10-18-27(23)36-30(21-12-3-2-4-13-21)24(29)19-28-31(35)34-26-17-9-8-16-25(26)33-32(34)37-28/h2-19,29H,1H3. The predicted octanol–water partition coefficient (Wildman–Crippen LogP) is 6.35. The lowest BCUT2D eigenvalue weighted by Crippen LogP contribution is -2.25. The molecule has 37 heavy (non-hydrogen) atoms. The third kappa shape index (κ3) is 3.51. The van der Waals surface area contributed by atoms with Crippen molar-refractivity contribution in [3.63, 3.8) is 0 Å². The van der Waals surface area contributed by atoms with Crippen molar-refractivity contribution in [3.8, 4) is 5.75 Å². The zero-order chi connectivity index (χ0) is 24.9. The van der Waals surface area contributed by atoms with Crippen molar-refractivity contribution >= 4 is 39.2 Å². The third-order valence-corrected chi connectivity index (χ3v) is 7.95. The van der Waals surface area contributed by atoms with E-state index in [-0.39, 0.29) is 11.5 Å². The highest BCUT2D eigenvalue weighted by atomic mass is 32.1. The minimum atomic E-state index is -0.0908. The zero-order valence-corrected chi connectivity index (χ0v) is 20.9. The summed E-state index contributed by atoms with van der Waals surface area (Å²) in [6.07, 6.45) is 2.02. The first-order valence-corrected chi connectivity index (χ1v) is 13.0. The number of fused-ring (bicyclic) bond motifs is 4. The van der Waals surface area contributed by atoms with Gasteiger partial charge in [0.15, 0.2) is 4.96 Å². The molecule has 4 aromatic carbocycles. The largest absolute Gasteiger partial charge is 0.456 e. The van der Waals surface area contributed by atoms with Crippen molar-refractivity contribution in [1.82, 2.24) is 9.38 Å². The van der Waals surface area contributed by atoms with E-state index in [0.717, 1.165) is 39.2 Å². The zero-order valence-electron chi connectivity index (χ0n) is 20.1. The molecule has 5 heteroatoms. The molecule has 0 aliphatic carbocycles. The number of imidazole rings is 1. The molecule has 1 aliphatic rings. The quantitative estimate of drug-likeness (QED) is 0.285. The summed E-state index contributed by atoms with van der Waals surface area (Å²) in [7, 11) is 0. The maximum atomic E-state index is 13.7. The van der Waals surface area contributed by atoms with Crippen LogP contribution in [0.4, 0.5) is 0 Å². The number of aromatic nitrogens is 2. The Kier molecular flexibility index (Phi) is 5.05. The van der Waals surface area contributed by atoms with Crippen molar-refractivity contribution in [2.75, 3.05) is 0 Å². The molecule has 178 valence electrons. The number of thiazole rings is 1. The van der Waals surface area contributed by atoms with Crippen LogP contribution in [0, 0.1) is 6.92 Å². The lowest BCUT2D eigenvalue weighted by Gasteiger charge is -2.31. The number of benzene rings is 4. The van der Waals surface area contributed by atoms with Crippen molar-refractivity contribution in [3.05, 3.63) is 146 Å². The van der Waals surface area contributed by atoms with Crippen LogP contribution in [-0.4, -0.2) is 9.38 Å². The summed E-state index contributed by atoms with van der Waals surface area (Å²) in [6.45, 7) is 2.14. The Labute approximate surface area is 217 Å². The Balaban J connectivity index is 1.56. The van der Waals surface area contributed by atoms with Gasteiger partial charge < -0.3 is 4.74 Å². The average Bonchev–Trinajstić information content (AvgIpc) is 3.45. The Morgan fingerprint density at radius 1 is 0.838 bits per heavy atom. The second-order valence-corrected chi connectivity index (χ2v) is 10.2. The summed E-state index contributed by atoms with van der Waals surface area (Å²) >= 11 is 1.42. The SMILES string of the molecule is Cc1ccccc1C1C(C=c2sc3nc4ccccc4n3c2=O)=C(c2ccccc2)Oc2ccccc21. The van der Waals surface area contributed by atoms with E-state index in [1.54, 1.807) is 4.40 Å². The van der Waals surface area contributed by atoms with Crippen molar-refractivity contribution in [2.24, 2.45) is 0 Å². The van der Waals surface area contributed by atoms with E-state index in [9.17, 15) is 4.79 Å². The number of hydrogen-bond acceptors (Lipinski definition) is 4. The van der Waals surface area contributed by atoms with Crippen LogP contribution < -0.4 is 14.8 Å². The van der Waals surface area contributed by atoms with E-state index in [1.165, 1.54) is 22.5 Å². The lowest BCUT2D eigenvalue weighted by atomic mass is 9.79. The van der Waals surface area contributed by atoms with Gasteiger partial charge in [0.1, 0.15) is 11.5 Å². The first-order valence-electron chi connectivity index (χ1n) is 12.2. The van der Waals surface area contributed by atoms with Crippen molar-refractivity contribution in [1.29, 1.82) is 0 Å². The third-order valence-electron chi connectivity index (χ3n) is 6.98. The molecule has 0 radical (unpaired) electrons. The molecular formula is C32H22N2O2S. The molecule has 7 rings (SSSR count). The maximum absolute atomic E-state index is 13.7. The van der Waals surface area contributed by atoms with Gasteiger partial charge in [-0.2, -0.15) is 0 Å². The van der Waals surface area contributed by atoms with Gasteiger partial charge in [0.2, 0.25) is 0 Å². The van der Waals surface area contributed by atoms with Gasteiger partial charge in [-0.05, 0) is 42.3 Å². The molecule has 0 N–H and O–H groups in total.